The monoisotopic (exact) mass is 386 g/mol. The fourth-order valence-electron chi connectivity index (χ4n) is 2.53. The lowest BCUT2D eigenvalue weighted by Crippen LogP contribution is -2.46. The molecule has 0 aliphatic carbocycles. The molecule has 0 radical (unpaired) electrons. The van der Waals surface area contributed by atoms with E-state index in [0.717, 1.165) is 0 Å². The van der Waals surface area contributed by atoms with Crippen molar-refractivity contribution in [1.82, 2.24) is 10.2 Å². The highest BCUT2D eigenvalue weighted by atomic mass is 16.6. The van der Waals surface area contributed by atoms with Gasteiger partial charge in [0.05, 0.1) is 6.04 Å². The van der Waals surface area contributed by atoms with Gasteiger partial charge in [0.25, 0.3) is 0 Å². The zero-order valence-electron chi connectivity index (χ0n) is 18.0. The Hall–Kier alpha value is -1.99. The Morgan fingerprint density at radius 2 is 1.30 bits per heavy atom. The van der Waals surface area contributed by atoms with E-state index in [1.165, 1.54) is 4.90 Å². The molecule has 156 valence electrons. The highest BCUT2D eigenvalue weighted by molar-refractivity contribution is 5.83. The number of nitrogens with one attached hydrogen (secondary N) is 1. The summed E-state index contributed by atoms with van der Waals surface area (Å²) in [5, 5.41) is 2.71. The molecule has 1 aliphatic rings. The number of carbonyl (C=O) groups excluding carboxylic acids is 3. The Morgan fingerprint density at radius 3 is 1.74 bits per heavy atom. The minimum Gasteiger partial charge on any atom is -0.458 e. The molecule has 0 unspecified atom stereocenters. The van der Waals surface area contributed by atoms with Crippen LogP contribution in [0.3, 0.4) is 0 Å². The minimum absolute atomic E-state index is 0.137. The van der Waals surface area contributed by atoms with Crippen molar-refractivity contribution in [3.63, 3.8) is 0 Å². The molecule has 0 aromatic heterocycles. The van der Waals surface area contributed by atoms with Crippen LogP contribution < -0.4 is 5.32 Å². The second-order valence-electron chi connectivity index (χ2n) is 9.76. The van der Waals surface area contributed by atoms with Gasteiger partial charge in [-0.2, -0.15) is 0 Å². The van der Waals surface area contributed by atoms with E-state index in [2.05, 4.69) is 5.32 Å². The summed E-state index contributed by atoms with van der Waals surface area (Å²) >= 11 is 0. The number of carbonyl (C=O) groups is 3. The number of hydrogen-bond donors (Lipinski definition) is 1. The summed E-state index contributed by atoms with van der Waals surface area (Å²) < 4.78 is 16.1. The Balaban J connectivity index is 2.90. The van der Waals surface area contributed by atoms with Crippen molar-refractivity contribution in [1.29, 1.82) is 0 Å². The lowest BCUT2D eigenvalue weighted by Gasteiger charge is -2.29. The minimum atomic E-state index is -0.834. The van der Waals surface area contributed by atoms with Gasteiger partial charge >= 0.3 is 18.2 Å². The Labute approximate surface area is 161 Å². The van der Waals surface area contributed by atoms with Crippen molar-refractivity contribution in [3.05, 3.63) is 0 Å². The standard InChI is InChI=1S/C19H34N2O6/c1-17(2,3)25-14(22)13-10-12(20-15(23)26-18(4,5)6)11-21(13)16(24)27-19(7,8)9/h12-13H,10-11H2,1-9H3,(H,20,23)/t12-,13-/m0/s1. The van der Waals surface area contributed by atoms with Crippen LogP contribution in [0.4, 0.5) is 9.59 Å². The molecule has 0 spiro atoms. The van der Waals surface area contributed by atoms with E-state index < -0.39 is 47.0 Å². The van der Waals surface area contributed by atoms with Crippen molar-refractivity contribution < 1.29 is 28.6 Å². The molecular weight excluding hydrogens is 352 g/mol. The highest BCUT2D eigenvalue weighted by Gasteiger charge is 2.44. The molecule has 1 N–H and O–H groups in total. The first-order chi connectivity index (χ1) is 12.0. The van der Waals surface area contributed by atoms with Crippen molar-refractivity contribution in [2.24, 2.45) is 0 Å². The maximum Gasteiger partial charge on any atom is 0.411 e. The maximum atomic E-state index is 12.6. The van der Waals surface area contributed by atoms with Crippen molar-refractivity contribution in [2.75, 3.05) is 6.54 Å². The first-order valence-corrected chi connectivity index (χ1v) is 9.19. The van der Waals surface area contributed by atoms with Crippen LogP contribution in [0.2, 0.25) is 0 Å². The predicted octanol–water partition coefficient (Wildman–Crippen LogP) is 3.23. The molecule has 0 bridgehead atoms. The smallest absolute Gasteiger partial charge is 0.411 e. The number of ether oxygens (including phenoxy) is 3. The molecule has 1 heterocycles. The van der Waals surface area contributed by atoms with Gasteiger partial charge < -0.3 is 19.5 Å². The number of rotatable bonds is 2. The van der Waals surface area contributed by atoms with Gasteiger partial charge in [-0.3, -0.25) is 4.90 Å². The Bertz CT molecular complexity index is 532. The topological polar surface area (TPSA) is 94.2 Å². The third-order valence-electron chi connectivity index (χ3n) is 3.33. The van der Waals surface area contributed by atoms with Crippen LogP contribution in [0.25, 0.3) is 0 Å². The number of nitrogens with zero attached hydrogens (tertiary/aromatic N) is 1. The lowest BCUT2D eigenvalue weighted by molar-refractivity contribution is -0.160. The van der Waals surface area contributed by atoms with Gasteiger partial charge in [-0.05, 0) is 62.3 Å². The first-order valence-electron chi connectivity index (χ1n) is 9.19. The largest absolute Gasteiger partial charge is 0.458 e. The summed E-state index contributed by atoms with van der Waals surface area (Å²) in [6.45, 7) is 15.9. The number of likely N-dealkylation sites (tertiary alicyclic amines) is 1. The molecule has 1 rings (SSSR count). The van der Waals surface area contributed by atoms with Gasteiger partial charge in [0, 0.05) is 13.0 Å². The normalized spacial score (nSPS) is 20.9. The number of hydrogen-bond acceptors (Lipinski definition) is 6. The van der Waals surface area contributed by atoms with Crippen molar-refractivity contribution in [2.45, 2.75) is 97.6 Å². The molecule has 0 aromatic carbocycles. The third kappa shape index (κ3) is 8.49. The summed E-state index contributed by atoms with van der Waals surface area (Å²) in [7, 11) is 0. The Morgan fingerprint density at radius 1 is 0.815 bits per heavy atom. The summed E-state index contributed by atoms with van der Waals surface area (Å²) in [5.41, 5.74) is -2.03. The quantitative estimate of drug-likeness (QED) is 0.578. The van der Waals surface area contributed by atoms with Gasteiger partial charge in [0.2, 0.25) is 0 Å². The van der Waals surface area contributed by atoms with Crippen molar-refractivity contribution >= 4 is 18.2 Å². The average molecular weight is 386 g/mol. The fraction of sp³-hybridized carbons (Fsp3) is 0.842. The molecular formula is C19H34N2O6. The Kier molecular flexibility index (Phi) is 6.78. The van der Waals surface area contributed by atoms with Gasteiger partial charge in [0.1, 0.15) is 22.8 Å². The van der Waals surface area contributed by atoms with E-state index in [1.54, 1.807) is 62.3 Å². The number of amides is 2. The molecule has 0 aromatic rings. The SMILES string of the molecule is CC(C)(C)OC(=O)N[C@H]1C[C@@H](C(=O)OC(C)(C)C)N(C(=O)OC(C)(C)C)C1. The molecule has 8 heteroatoms. The predicted molar refractivity (Wildman–Crippen MR) is 100 cm³/mol. The van der Waals surface area contributed by atoms with E-state index in [9.17, 15) is 14.4 Å². The van der Waals surface area contributed by atoms with Gasteiger partial charge in [-0.15, -0.1) is 0 Å². The molecule has 1 aliphatic heterocycles. The van der Waals surface area contributed by atoms with Crippen LogP contribution in [0.15, 0.2) is 0 Å². The lowest BCUT2D eigenvalue weighted by atomic mass is 10.1. The molecule has 2 atom stereocenters. The van der Waals surface area contributed by atoms with Crippen LogP contribution in [-0.4, -0.2) is 58.5 Å². The summed E-state index contributed by atoms with van der Waals surface area (Å²) in [4.78, 5) is 38.5. The van der Waals surface area contributed by atoms with Crippen LogP contribution in [0.5, 0.6) is 0 Å². The molecule has 8 nitrogen and oxygen atoms in total. The zero-order valence-corrected chi connectivity index (χ0v) is 18.0. The second kappa shape index (κ2) is 7.94. The van der Waals surface area contributed by atoms with E-state index in [-0.39, 0.29) is 13.0 Å². The van der Waals surface area contributed by atoms with E-state index in [1.807, 2.05) is 0 Å². The van der Waals surface area contributed by atoms with Gasteiger partial charge in [-0.25, -0.2) is 14.4 Å². The van der Waals surface area contributed by atoms with Crippen LogP contribution in [0.1, 0.15) is 68.7 Å². The molecule has 1 fully saturated rings. The maximum absolute atomic E-state index is 12.6. The average Bonchev–Trinajstić information content (AvgIpc) is 2.76. The molecule has 1 saturated heterocycles. The van der Waals surface area contributed by atoms with Crippen molar-refractivity contribution in [3.8, 4) is 0 Å². The van der Waals surface area contributed by atoms with Gasteiger partial charge in [-0.1, -0.05) is 0 Å². The number of esters is 1. The second-order valence-corrected chi connectivity index (χ2v) is 9.76. The molecule has 0 saturated carbocycles. The summed E-state index contributed by atoms with van der Waals surface area (Å²) in [6, 6.07) is -1.27. The third-order valence-corrected chi connectivity index (χ3v) is 3.33. The number of alkyl carbamates (subject to hydrolysis) is 1. The summed E-state index contributed by atoms with van der Waals surface area (Å²) in [5.74, 6) is -0.526. The zero-order chi connectivity index (χ0) is 21.2. The fourth-order valence-corrected chi connectivity index (χ4v) is 2.53. The van der Waals surface area contributed by atoms with Gasteiger partial charge in [0.15, 0.2) is 0 Å². The summed E-state index contributed by atoms with van der Waals surface area (Å²) in [6.07, 6.45) is -0.985. The van der Waals surface area contributed by atoms with E-state index >= 15 is 0 Å². The van der Waals surface area contributed by atoms with Crippen LogP contribution >= 0.6 is 0 Å². The molecule has 2 amide bonds. The van der Waals surface area contributed by atoms with E-state index in [0.29, 0.717) is 0 Å². The van der Waals surface area contributed by atoms with E-state index in [4.69, 9.17) is 14.2 Å². The highest BCUT2D eigenvalue weighted by Crippen LogP contribution is 2.24. The first kappa shape index (κ1) is 23.0. The molecule has 27 heavy (non-hydrogen) atoms. The van der Waals surface area contributed by atoms with Crippen LogP contribution in [-0.2, 0) is 19.0 Å². The van der Waals surface area contributed by atoms with Crippen LogP contribution in [0, 0.1) is 0 Å².